The van der Waals surface area contributed by atoms with Crippen LogP contribution in [0.3, 0.4) is 0 Å². The van der Waals surface area contributed by atoms with Crippen molar-refractivity contribution in [1.29, 1.82) is 26.3 Å². The Morgan fingerprint density at radius 3 is 0.884 bits per heavy atom. The van der Waals surface area contributed by atoms with Gasteiger partial charge in [0.15, 0.2) is 11.1 Å². The molecule has 0 heterocycles. The van der Waals surface area contributed by atoms with Crippen LogP contribution in [-0.4, -0.2) is 74.8 Å². The van der Waals surface area contributed by atoms with Gasteiger partial charge in [-0.05, 0) is 226 Å². The summed E-state index contributed by atoms with van der Waals surface area (Å²) in [5.74, 6) is -2.03. The number of nitrogens with zero attached hydrogens (tertiary/aromatic N) is 7. The average molecular weight is 1600 g/mol. The Labute approximate surface area is 696 Å². The van der Waals surface area contributed by atoms with Crippen molar-refractivity contribution in [2.45, 2.75) is 25.7 Å². The van der Waals surface area contributed by atoms with Crippen LogP contribution in [0.1, 0.15) is 68.7 Å². The molecule has 0 amide bonds. The Morgan fingerprint density at radius 1 is 0.331 bits per heavy atom. The van der Waals surface area contributed by atoms with Crippen molar-refractivity contribution < 1.29 is 76.2 Å². The molecule has 0 fully saturated rings. The molecule has 0 aliphatic heterocycles. The van der Waals surface area contributed by atoms with E-state index in [2.05, 4.69) is 40.5 Å². The Morgan fingerprint density at radius 2 is 0.603 bits per heavy atom. The third kappa shape index (κ3) is 25.9. The third-order valence-corrected chi connectivity index (χ3v) is 18.0. The van der Waals surface area contributed by atoms with Gasteiger partial charge in [0.05, 0.1) is 70.3 Å². The monoisotopic (exact) mass is 1600 g/mol. The van der Waals surface area contributed by atoms with Crippen LogP contribution in [0.25, 0.3) is 65.3 Å². The normalized spacial score (nSPS) is 10.2. The molecule has 0 aliphatic carbocycles. The third-order valence-electron chi connectivity index (χ3n) is 18.0. The van der Waals surface area contributed by atoms with Crippen LogP contribution in [0.5, 0.6) is 40.2 Å². The van der Waals surface area contributed by atoms with E-state index in [1.54, 1.807) is 206 Å². The summed E-state index contributed by atoms with van der Waals surface area (Å²) in [6, 6.07) is 93.1. The molecule has 0 N–H and O–H groups in total. The van der Waals surface area contributed by atoms with Gasteiger partial charge in [-0.3, -0.25) is 14.4 Å². The SMILES string of the molecule is C=CC(=O)Oc1ccc(-c2ccc(C#N)cc2)cc1.[C-]#[N+]CC(=O)OCCOc1ccc(C(=O)Oc2ccc(-c3ccc(C#N)cc3)cc2)cc1.[C-]#[N+]c1ccc(-c2ccc(OC(=O)c3ccc(OCCOC(=O)C(C#N)(CCC(=O)Oc4ccc(-c5ccc(C#N)cc5)cc4)CCC(=O)Oc4ccc(-c5ccc(C#N)cc5)cc4)cc3)cc2)cc1. The molecule has 0 atom stereocenters. The molecule has 0 saturated heterocycles. The summed E-state index contributed by atoms with van der Waals surface area (Å²) in [5, 5.41) is 46.3. The van der Waals surface area contributed by atoms with E-state index in [1.807, 2.05) is 78.9 Å². The molecular weight excluding hydrogens is 1530 g/mol. The van der Waals surface area contributed by atoms with Gasteiger partial charge in [0.1, 0.15) is 66.7 Å². The van der Waals surface area contributed by atoms with Crippen molar-refractivity contribution in [2.75, 3.05) is 33.0 Å². The minimum atomic E-state index is -1.95. The first-order chi connectivity index (χ1) is 58.9. The number of carbonyl (C=O) groups excluding carboxylic acids is 7. The van der Waals surface area contributed by atoms with E-state index in [1.165, 1.54) is 12.1 Å². The molecule has 0 aromatic heterocycles. The minimum Gasteiger partial charge on any atom is -0.490 e. The maximum Gasteiger partial charge on any atom is 0.387 e. The smallest absolute Gasteiger partial charge is 0.387 e. The van der Waals surface area contributed by atoms with Gasteiger partial charge in [0.25, 0.3) is 0 Å². The first-order valence-electron chi connectivity index (χ1n) is 37.1. The van der Waals surface area contributed by atoms with E-state index >= 15 is 0 Å². The topological polar surface area (TPSA) is 330 Å². The molecule has 12 rings (SSSR count). The van der Waals surface area contributed by atoms with Crippen LogP contribution in [0.15, 0.2) is 304 Å². The highest BCUT2D eigenvalue weighted by Gasteiger charge is 2.42. The van der Waals surface area contributed by atoms with Crippen molar-refractivity contribution in [3.05, 3.63) is 360 Å². The lowest BCUT2D eigenvalue weighted by molar-refractivity contribution is -0.155. The first kappa shape index (κ1) is 86.1. The lowest BCUT2D eigenvalue weighted by Crippen LogP contribution is -2.34. The van der Waals surface area contributed by atoms with Gasteiger partial charge < -0.3 is 47.5 Å². The lowest BCUT2D eigenvalue weighted by atomic mass is 9.80. The zero-order valence-electron chi connectivity index (χ0n) is 64.5. The van der Waals surface area contributed by atoms with E-state index in [-0.39, 0.29) is 75.7 Å². The number of carbonyl (C=O) groups is 7. The van der Waals surface area contributed by atoms with Crippen molar-refractivity contribution in [3.63, 3.8) is 0 Å². The largest absolute Gasteiger partial charge is 0.490 e. The summed E-state index contributed by atoms with van der Waals surface area (Å²) in [4.78, 5) is 93.8. The summed E-state index contributed by atoms with van der Waals surface area (Å²) < 4.78 is 48.5. The molecule has 0 spiro atoms. The number of nitriles is 5. The Bertz CT molecular complexity index is 5840. The molecule has 0 radical (unpaired) electrons. The van der Waals surface area contributed by atoms with Gasteiger partial charge in [0.2, 0.25) is 0 Å². The summed E-state index contributed by atoms with van der Waals surface area (Å²) >= 11 is 0. The number of ether oxygens (including phenoxy) is 9. The Balaban J connectivity index is 0.000000244. The van der Waals surface area contributed by atoms with Crippen LogP contribution < -0.4 is 33.2 Å². The van der Waals surface area contributed by atoms with Gasteiger partial charge in [-0.15, -0.1) is 0 Å². The molecular formula is C98H69N7O16. The minimum absolute atomic E-state index is 0.0383. The van der Waals surface area contributed by atoms with Crippen molar-refractivity contribution in [1.82, 2.24) is 0 Å². The molecule has 0 unspecified atom stereocenters. The molecule has 592 valence electrons. The van der Waals surface area contributed by atoms with Crippen LogP contribution in [0.2, 0.25) is 0 Å². The fraction of sp³-hybridized carbons (Fsp3) is 0.102. The molecule has 0 aliphatic rings. The molecule has 12 aromatic carbocycles. The van der Waals surface area contributed by atoms with Gasteiger partial charge in [0, 0.05) is 18.9 Å². The molecule has 23 nitrogen and oxygen atoms in total. The van der Waals surface area contributed by atoms with Crippen LogP contribution in [0.4, 0.5) is 5.69 Å². The maximum absolute atomic E-state index is 13.8. The standard InChI is InChI=1S/C57H40N4O9.C25H18N2O5.C16H11NO2/c1-61-48-20-10-43(11-21-48)46-16-28-52(29-17-46)70-55(64)47-18-22-49(23-19-47)66-34-35-67-56(65)57(38-60,32-30-53(62)68-50-24-12-44(13-25-50)41-6-2-39(36-58)3-7-41)33-31-54(63)69-51-26-14-45(15-27-51)42-8-4-40(37-59)5-9-42;1-27-17-24(28)31-15-14-30-22-10-8-21(9-11-22)25(29)32-23-12-6-20(7-13-23)19-4-2-18(16-26)3-5-19;1-2-16(18)19-15-9-7-14(8-10-15)13-5-3-12(11-17)4-6-13/h2-29H,30-35H2;2-13H,14-15,17H2;2-10H,1H2. The van der Waals surface area contributed by atoms with Gasteiger partial charge >= 0.3 is 48.3 Å². The predicted molar refractivity (Wildman–Crippen MR) is 445 cm³/mol. The van der Waals surface area contributed by atoms with Crippen LogP contribution in [0, 0.1) is 75.2 Å². The fourth-order valence-electron chi connectivity index (χ4n) is 11.5. The van der Waals surface area contributed by atoms with Gasteiger partial charge in [-0.25, -0.2) is 30.6 Å². The van der Waals surface area contributed by atoms with E-state index in [0.29, 0.717) is 62.3 Å². The number of benzene rings is 12. The number of rotatable bonds is 29. The summed E-state index contributed by atoms with van der Waals surface area (Å²) in [6.07, 6.45) is -0.298. The van der Waals surface area contributed by atoms with Gasteiger partial charge in [-0.1, -0.05) is 140 Å². The first-order valence-corrected chi connectivity index (χ1v) is 37.1. The second-order valence-electron chi connectivity index (χ2n) is 26.0. The van der Waals surface area contributed by atoms with Crippen LogP contribution in [-0.2, 0) is 33.4 Å². The highest BCUT2D eigenvalue weighted by molar-refractivity contribution is 5.92. The van der Waals surface area contributed by atoms with Gasteiger partial charge in [-0.2, -0.15) is 26.3 Å². The average Bonchev–Trinajstić information content (AvgIpc) is 0.764. The second-order valence-corrected chi connectivity index (χ2v) is 26.0. The number of hydrogen-bond donors (Lipinski definition) is 0. The lowest BCUT2D eigenvalue weighted by Gasteiger charge is -2.24. The van der Waals surface area contributed by atoms with E-state index < -0.39 is 47.2 Å². The second kappa shape index (κ2) is 43.8. The van der Waals surface area contributed by atoms with Crippen LogP contribution >= 0.6 is 0 Å². The van der Waals surface area contributed by atoms with E-state index in [0.717, 1.165) is 61.7 Å². The number of hydrogen-bond acceptors (Lipinski definition) is 21. The molecule has 121 heavy (non-hydrogen) atoms. The van der Waals surface area contributed by atoms with Crippen molar-refractivity contribution in [2.24, 2.45) is 5.41 Å². The summed E-state index contributed by atoms with van der Waals surface area (Å²) in [6.45, 7) is 16.5. The maximum atomic E-state index is 13.8. The zero-order chi connectivity index (χ0) is 85.7. The zero-order valence-corrected chi connectivity index (χ0v) is 64.5. The fourth-order valence-corrected chi connectivity index (χ4v) is 11.5. The Hall–Kier alpha value is -17.3. The molecule has 0 bridgehead atoms. The van der Waals surface area contributed by atoms with Crippen molar-refractivity contribution >= 4 is 47.5 Å². The molecule has 0 saturated carbocycles. The summed E-state index contributed by atoms with van der Waals surface area (Å²) in [7, 11) is 0. The molecule has 12 aromatic rings. The Kier molecular flexibility index (Phi) is 31.2. The predicted octanol–water partition coefficient (Wildman–Crippen LogP) is 19.0. The molecule has 23 heteroatoms. The highest BCUT2D eigenvalue weighted by atomic mass is 16.6. The van der Waals surface area contributed by atoms with E-state index in [9.17, 15) is 38.8 Å². The van der Waals surface area contributed by atoms with E-state index in [4.69, 9.17) is 76.8 Å². The quantitative estimate of drug-likeness (QED) is 0.0138. The highest BCUT2D eigenvalue weighted by Crippen LogP contribution is 2.35. The number of esters is 7. The van der Waals surface area contributed by atoms with Crippen molar-refractivity contribution in [3.8, 4) is 126 Å². The summed E-state index contributed by atoms with van der Waals surface area (Å²) in [5.41, 5.74) is 10.5.